The fourth-order valence-electron chi connectivity index (χ4n) is 3.65. The van der Waals surface area contributed by atoms with Crippen LogP contribution in [0.3, 0.4) is 0 Å². The molecule has 1 unspecified atom stereocenters. The minimum Gasteiger partial charge on any atom is -0.299 e. The number of pyridine rings is 1. The molecule has 1 fully saturated rings. The Morgan fingerprint density at radius 3 is 2.60 bits per heavy atom. The molecule has 0 saturated carbocycles. The van der Waals surface area contributed by atoms with Crippen molar-refractivity contribution in [3.8, 4) is 0 Å². The fourth-order valence-corrected chi connectivity index (χ4v) is 3.65. The number of aryl methyl sites for hydroxylation is 1. The van der Waals surface area contributed by atoms with Crippen LogP contribution in [0.5, 0.6) is 0 Å². The first-order valence-corrected chi connectivity index (χ1v) is 8.79. The number of benzene rings is 1. The Balaban J connectivity index is 1.57. The summed E-state index contributed by atoms with van der Waals surface area (Å²) in [4.78, 5) is 6.44. The fraction of sp³-hybridized carbons (Fsp3) is 0.450. The van der Waals surface area contributed by atoms with Gasteiger partial charge in [-0.05, 0) is 67.5 Å². The van der Waals surface area contributed by atoms with Crippen LogP contribution in [0.2, 0.25) is 0 Å². The van der Waals surface area contributed by atoms with E-state index in [1.807, 2.05) is 12.1 Å². The highest BCUT2D eigenvalue weighted by Crippen LogP contribution is 2.33. The van der Waals surface area contributed by atoms with Gasteiger partial charge in [0.2, 0.25) is 0 Å². The van der Waals surface area contributed by atoms with Crippen LogP contribution in [0.1, 0.15) is 36.0 Å². The van der Waals surface area contributed by atoms with Crippen molar-refractivity contribution in [1.82, 2.24) is 9.88 Å². The first kappa shape index (κ1) is 17.9. The summed E-state index contributed by atoms with van der Waals surface area (Å²) in [6.07, 6.45) is 2.83. The summed E-state index contributed by atoms with van der Waals surface area (Å²) in [6, 6.07) is 9.99. The molecule has 2 heterocycles. The smallest absolute Gasteiger partial charge is 0.299 e. The predicted molar refractivity (Wildman–Crippen MR) is 92.0 cm³/mol. The minimum absolute atomic E-state index is 0.418. The van der Waals surface area contributed by atoms with Crippen LogP contribution in [-0.4, -0.2) is 23.0 Å². The Morgan fingerprint density at radius 2 is 1.84 bits per heavy atom. The van der Waals surface area contributed by atoms with Crippen molar-refractivity contribution in [3.63, 3.8) is 0 Å². The minimum atomic E-state index is -4.27. The van der Waals surface area contributed by atoms with E-state index in [4.69, 9.17) is 0 Å². The van der Waals surface area contributed by atoms with E-state index in [0.717, 1.165) is 38.9 Å². The first-order valence-electron chi connectivity index (χ1n) is 8.79. The molecule has 3 rings (SSSR count). The number of likely N-dealkylation sites (tertiary alicyclic amines) is 1. The molecule has 1 atom stereocenters. The number of piperidine rings is 1. The summed E-state index contributed by atoms with van der Waals surface area (Å²) in [5, 5.41) is 0. The topological polar surface area (TPSA) is 16.1 Å². The quantitative estimate of drug-likeness (QED) is 0.760. The van der Waals surface area contributed by atoms with Gasteiger partial charge in [-0.2, -0.15) is 13.2 Å². The molecule has 5 heteroatoms. The molecule has 2 nitrogen and oxygen atoms in total. The van der Waals surface area contributed by atoms with Gasteiger partial charge in [0.25, 0.3) is 0 Å². The number of rotatable bonds is 5. The van der Waals surface area contributed by atoms with Crippen LogP contribution in [-0.2, 0) is 19.1 Å². The lowest BCUT2D eigenvalue weighted by Crippen LogP contribution is -2.35. The van der Waals surface area contributed by atoms with Crippen molar-refractivity contribution in [3.05, 3.63) is 65.5 Å². The van der Waals surface area contributed by atoms with Crippen molar-refractivity contribution >= 4 is 0 Å². The number of hydrogen-bond donors (Lipinski definition) is 0. The molecule has 0 N–H and O–H groups in total. The van der Waals surface area contributed by atoms with Gasteiger partial charge in [-0.1, -0.05) is 18.2 Å². The summed E-state index contributed by atoms with van der Waals surface area (Å²) in [5.74, 6) is 0.455. The van der Waals surface area contributed by atoms with Gasteiger partial charge in [-0.25, -0.2) is 0 Å². The zero-order valence-electron chi connectivity index (χ0n) is 14.2. The second-order valence-electron chi connectivity index (χ2n) is 6.79. The zero-order chi connectivity index (χ0) is 17.7. The van der Waals surface area contributed by atoms with Gasteiger partial charge in [-0.15, -0.1) is 0 Å². The number of aromatic nitrogens is 1. The summed E-state index contributed by atoms with van der Waals surface area (Å²) in [5.41, 5.74) is 1.17. The van der Waals surface area contributed by atoms with Crippen LogP contribution in [0.25, 0.3) is 0 Å². The second kappa shape index (κ2) is 8.00. The molecular formula is C20H23F3N2. The van der Waals surface area contributed by atoms with E-state index in [2.05, 4.69) is 9.88 Å². The molecule has 1 aromatic carbocycles. The van der Waals surface area contributed by atoms with Gasteiger partial charge >= 0.3 is 6.18 Å². The molecule has 0 radical (unpaired) electrons. The van der Waals surface area contributed by atoms with E-state index in [0.29, 0.717) is 17.9 Å². The molecule has 2 aromatic rings. The maximum absolute atomic E-state index is 13.1. The summed E-state index contributed by atoms with van der Waals surface area (Å²) in [6.45, 7) is 2.90. The van der Waals surface area contributed by atoms with Crippen LogP contribution in [0, 0.1) is 5.92 Å². The Morgan fingerprint density at radius 1 is 1.08 bits per heavy atom. The summed E-state index contributed by atoms with van der Waals surface area (Å²) < 4.78 is 39.3. The molecule has 0 spiro atoms. The maximum Gasteiger partial charge on any atom is 0.416 e. The van der Waals surface area contributed by atoms with Crippen molar-refractivity contribution in [1.29, 1.82) is 0 Å². The Bertz CT molecular complexity index is 670. The van der Waals surface area contributed by atoms with Gasteiger partial charge in [0.05, 0.1) is 5.56 Å². The van der Waals surface area contributed by atoms with Gasteiger partial charge < -0.3 is 0 Å². The lowest BCUT2D eigenvalue weighted by Gasteiger charge is -2.33. The first-order chi connectivity index (χ1) is 12.0. The third-order valence-corrected chi connectivity index (χ3v) is 4.90. The van der Waals surface area contributed by atoms with Crippen molar-refractivity contribution in [2.45, 2.75) is 38.4 Å². The Kier molecular flexibility index (Phi) is 5.74. The van der Waals surface area contributed by atoms with E-state index in [-0.39, 0.29) is 0 Å². The van der Waals surface area contributed by atoms with Crippen molar-refractivity contribution < 1.29 is 13.2 Å². The second-order valence-corrected chi connectivity index (χ2v) is 6.79. The molecule has 0 amide bonds. The van der Waals surface area contributed by atoms with E-state index < -0.39 is 11.7 Å². The van der Waals surface area contributed by atoms with Crippen LogP contribution < -0.4 is 0 Å². The number of alkyl halides is 3. The highest BCUT2D eigenvalue weighted by Gasteiger charge is 2.33. The third-order valence-electron chi connectivity index (χ3n) is 4.90. The molecule has 0 bridgehead atoms. The normalized spacial score (nSPS) is 19.1. The van der Waals surface area contributed by atoms with Gasteiger partial charge in [-0.3, -0.25) is 9.88 Å². The molecule has 1 saturated heterocycles. The number of nitrogens with zero attached hydrogens (tertiary/aromatic N) is 2. The Hall–Kier alpha value is -1.88. The molecule has 0 aliphatic carbocycles. The number of hydrogen-bond acceptors (Lipinski definition) is 2. The third kappa shape index (κ3) is 5.05. The van der Waals surface area contributed by atoms with E-state index in [1.54, 1.807) is 24.5 Å². The molecule has 1 aliphatic rings. The van der Waals surface area contributed by atoms with Gasteiger partial charge in [0.15, 0.2) is 0 Å². The van der Waals surface area contributed by atoms with E-state index in [1.165, 1.54) is 17.7 Å². The molecule has 1 aliphatic heterocycles. The zero-order valence-corrected chi connectivity index (χ0v) is 14.2. The van der Waals surface area contributed by atoms with Gasteiger partial charge in [0.1, 0.15) is 0 Å². The van der Waals surface area contributed by atoms with Gasteiger partial charge in [0, 0.05) is 25.5 Å². The van der Waals surface area contributed by atoms with E-state index in [9.17, 15) is 13.2 Å². The van der Waals surface area contributed by atoms with Crippen LogP contribution in [0.4, 0.5) is 13.2 Å². The molecule has 25 heavy (non-hydrogen) atoms. The number of halogens is 3. The summed E-state index contributed by atoms with van der Waals surface area (Å²) >= 11 is 0. The van der Waals surface area contributed by atoms with Crippen LogP contribution in [0.15, 0.2) is 48.8 Å². The molecule has 134 valence electrons. The van der Waals surface area contributed by atoms with Crippen LogP contribution >= 0.6 is 0 Å². The standard InChI is InChI=1S/C20H23F3N2/c21-20(22,23)19-6-2-1-5-18(19)8-7-16-4-3-13-25(14-16)15-17-9-11-24-12-10-17/h1-2,5-6,9-12,16H,3-4,7-8,13-15H2. The van der Waals surface area contributed by atoms with E-state index >= 15 is 0 Å². The lowest BCUT2D eigenvalue weighted by molar-refractivity contribution is -0.138. The molecule has 1 aromatic heterocycles. The lowest BCUT2D eigenvalue weighted by atomic mass is 9.90. The highest BCUT2D eigenvalue weighted by molar-refractivity contribution is 5.29. The highest BCUT2D eigenvalue weighted by atomic mass is 19.4. The molecular weight excluding hydrogens is 325 g/mol. The van der Waals surface area contributed by atoms with Crippen molar-refractivity contribution in [2.75, 3.05) is 13.1 Å². The summed E-state index contributed by atoms with van der Waals surface area (Å²) in [7, 11) is 0. The van der Waals surface area contributed by atoms with Crippen molar-refractivity contribution in [2.24, 2.45) is 5.92 Å². The monoisotopic (exact) mass is 348 g/mol. The predicted octanol–water partition coefficient (Wildman–Crippen LogP) is 4.95. The largest absolute Gasteiger partial charge is 0.416 e. The SMILES string of the molecule is FC(F)(F)c1ccccc1CCC1CCCN(Cc2ccncc2)C1. The average Bonchev–Trinajstić information content (AvgIpc) is 2.61. The average molecular weight is 348 g/mol. The Labute approximate surface area is 146 Å². The maximum atomic E-state index is 13.1.